The van der Waals surface area contributed by atoms with Crippen LogP contribution in [0, 0.1) is 64.0 Å². The molecule has 0 atom stereocenters. The first-order chi connectivity index (χ1) is 0. The van der Waals surface area contributed by atoms with Crippen molar-refractivity contribution in [2.45, 2.75) is 0 Å². The molecule has 0 aliphatic heterocycles. The van der Waals surface area contributed by atoms with Gasteiger partial charge in [0.25, 0.3) is 0 Å². The van der Waals surface area contributed by atoms with Crippen LogP contribution in [-0.2, 0) is 0 Å². The summed E-state index contributed by atoms with van der Waals surface area (Å²) in [6, 6.07) is 0. The van der Waals surface area contributed by atoms with Gasteiger partial charge in [0.05, 0.1) is 0 Å². The average Bonchev–Trinajstić information content (AvgIpc) is 0. The largest absolute Gasteiger partial charge is 3.00 e. The number of hydrogen-bond donors (Lipinski definition) is 0. The van der Waals surface area contributed by atoms with Crippen LogP contribution in [0.4, 0.5) is 0 Å². The molecule has 1 heteroatoms. The molecule has 0 aromatic carbocycles. The molecule has 25 valence electrons. The van der Waals surface area contributed by atoms with Crippen molar-refractivity contribution < 1.29 is 41.7 Å². The fourth-order valence-corrected chi connectivity index (χ4v) is 0. The van der Waals surface area contributed by atoms with Gasteiger partial charge in [0, 0.05) is 0 Å². The van der Waals surface area contributed by atoms with E-state index in [0.29, 0.717) is 0 Å². The van der Waals surface area contributed by atoms with E-state index in [1.54, 1.807) is 0 Å². The molecule has 0 unspecified atom stereocenters. The Morgan fingerprint density at radius 1 is 0.500 bits per heavy atom. The summed E-state index contributed by atoms with van der Waals surface area (Å²) in [4.78, 5) is 0. The minimum atomic E-state index is 0. The Kier molecular flexibility index (Phi) is 358. The summed E-state index contributed by atoms with van der Waals surface area (Å²) >= 11 is 0. The van der Waals surface area contributed by atoms with E-state index < -0.39 is 0 Å². The smallest absolute Gasteiger partial charge is 0.358 e. The van der Waals surface area contributed by atoms with Crippen molar-refractivity contribution in [3.63, 3.8) is 0 Å². The van der Waals surface area contributed by atoms with Gasteiger partial charge in [-0.3, -0.25) is 0 Å². The van der Waals surface area contributed by atoms with Crippen molar-refractivity contribution in [3.05, 3.63) is 22.3 Å². The molecule has 4 heavy (non-hydrogen) atoms. The van der Waals surface area contributed by atoms with Crippen LogP contribution in [0.3, 0.4) is 0 Å². The van der Waals surface area contributed by atoms with Crippen LogP contribution < -0.4 is 0 Å². The molecule has 0 nitrogen and oxygen atoms in total. The molecule has 0 amide bonds. The standard InChI is InChI=1S/3CH3.Ce/h3*1H3;/q3*-1;+3. The molecule has 0 saturated carbocycles. The fourth-order valence-electron chi connectivity index (χ4n) is 0. The van der Waals surface area contributed by atoms with E-state index >= 15 is 0 Å². The zero-order valence-electron chi connectivity index (χ0n) is 3.50. The first kappa shape index (κ1) is 54.3. The second-order valence-corrected chi connectivity index (χ2v) is 0. The van der Waals surface area contributed by atoms with Crippen LogP contribution in [0.2, 0.25) is 0 Å². The van der Waals surface area contributed by atoms with Crippen molar-refractivity contribution in [3.8, 4) is 0 Å². The molecule has 0 bridgehead atoms. The Bertz CT molecular complexity index is 3.25. The van der Waals surface area contributed by atoms with Gasteiger partial charge in [-0.25, -0.2) is 0 Å². The predicted molar refractivity (Wildman–Crippen MR) is 19.2 cm³/mol. The maximum Gasteiger partial charge on any atom is 3.00 e. The summed E-state index contributed by atoms with van der Waals surface area (Å²) < 4.78 is 0. The van der Waals surface area contributed by atoms with E-state index in [9.17, 15) is 0 Å². The van der Waals surface area contributed by atoms with E-state index in [1.165, 1.54) is 0 Å². The van der Waals surface area contributed by atoms with Crippen LogP contribution in [-0.4, -0.2) is 0 Å². The van der Waals surface area contributed by atoms with Gasteiger partial charge < -0.3 is 22.3 Å². The SMILES string of the molecule is [CH3-].[CH3-].[CH3-].[Ce+3]. The number of rotatable bonds is 0. The van der Waals surface area contributed by atoms with Crippen LogP contribution in [0.15, 0.2) is 0 Å². The summed E-state index contributed by atoms with van der Waals surface area (Å²) in [5.41, 5.74) is 0. The van der Waals surface area contributed by atoms with Gasteiger partial charge in [-0.1, -0.05) is 0 Å². The first-order valence-electron chi connectivity index (χ1n) is 0. The fraction of sp³-hybridized carbons (Fsp3) is 0. The zero-order valence-corrected chi connectivity index (χ0v) is 6.64. The molecule has 0 rings (SSSR count). The van der Waals surface area contributed by atoms with Gasteiger partial charge in [-0.15, -0.1) is 0 Å². The normalized spacial score (nSPS) is 0. The molecule has 0 aromatic rings. The van der Waals surface area contributed by atoms with Gasteiger partial charge in [0.1, 0.15) is 0 Å². The van der Waals surface area contributed by atoms with Crippen molar-refractivity contribution in [2.24, 2.45) is 0 Å². The summed E-state index contributed by atoms with van der Waals surface area (Å²) in [5, 5.41) is 0. The van der Waals surface area contributed by atoms with Gasteiger partial charge in [-0.05, 0) is 0 Å². The van der Waals surface area contributed by atoms with E-state index in [4.69, 9.17) is 0 Å². The van der Waals surface area contributed by atoms with E-state index in [0.717, 1.165) is 0 Å². The van der Waals surface area contributed by atoms with Crippen molar-refractivity contribution in [1.82, 2.24) is 0 Å². The van der Waals surface area contributed by atoms with Crippen molar-refractivity contribution in [1.29, 1.82) is 0 Å². The van der Waals surface area contributed by atoms with Crippen molar-refractivity contribution >= 4 is 0 Å². The minimum Gasteiger partial charge on any atom is -0.358 e. The topological polar surface area (TPSA) is 0 Å². The maximum absolute atomic E-state index is 0. The van der Waals surface area contributed by atoms with Gasteiger partial charge in [-0.2, -0.15) is 0 Å². The Balaban J connectivity index is 0. The van der Waals surface area contributed by atoms with Crippen LogP contribution in [0.25, 0.3) is 0 Å². The summed E-state index contributed by atoms with van der Waals surface area (Å²) in [7, 11) is 0. The third-order valence-electron chi connectivity index (χ3n) is 0. The summed E-state index contributed by atoms with van der Waals surface area (Å²) in [6.45, 7) is 0. The summed E-state index contributed by atoms with van der Waals surface area (Å²) in [6.07, 6.45) is 0. The Morgan fingerprint density at radius 2 is 0.500 bits per heavy atom. The van der Waals surface area contributed by atoms with Crippen molar-refractivity contribution in [2.75, 3.05) is 0 Å². The molecule has 0 aliphatic carbocycles. The molecule has 0 spiro atoms. The molecule has 0 aliphatic rings. The Labute approximate surface area is 63.4 Å². The monoisotopic (exact) mass is 185 g/mol. The first-order valence-corrected chi connectivity index (χ1v) is 0. The molecule has 0 heterocycles. The maximum atomic E-state index is 0. The van der Waals surface area contributed by atoms with Crippen LogP contribution in [0.5, 0.6) is 0 Å². The van der Waals surface area contributed by atoms with E-state index in [2.05, 4.69) is 0 Å². The molecule has 0 saturated heterocycles. The Hall–Kier alpha value is 1.38. The average molecular weight is 185 g/mol. The molecule has 1 radical (unpaired) electrons. The molecular weight excluding hydrogens is 176 g/mol. The van der Waals surface area contributed by atoms with E-state index in [1.807, 2.05) is 0 Å². The predicted octanol–water partition coefficient (Wildman–Crippen LogP) is 1.35. The summed E-state index contributed by atoms with van der Waals surface area (Å²) in [5.74, 6) is 0. The second-order valence-electron chi connectivity index (χ2n) is 0. The van der Waals surface area contributed by atoms with Gasteiger partial charge in [0.2, 0.25) is 0 Å². The van der Waals surface area contributed by atoms with E-state index in [-0.39, 0.29) is 64.0 Å². The molecule has 0 aromatic heterocycles. The van der Waals surface area contributed by atoms with Crippen LogP contribution in [0.1, 0.15) is 0 Å². The Morgan fingerprint density at radius 3 is 0.500 bits per heavy atom. The number of hydrogen-bond acceptors (Lipinski definition) is 0. The quantitative estimate of drug-likeness (QED) is 0.500. The van der Waals surface area contributed by atoms with Gasteiger partial charge >= 0.3 is 41.7 Å². The zero-order chi connectivity index (χ0) is 0. The minimum absolute atomic E-state index is 0. The third kappa shape index (κ3) is 10.1. The van der Waals surface area contributed by atoms with Crippen LogP contribution >= 0.6 is 0 Å². The molecular formula is C3H9Ce. The van der Waals surface area contributed by atoms with Gasteiger partial charge in [0.15, 0.2) is 0 Å². The second kappa shape index (κ2) is 26.3. The molecule has 0 fully saturated rings. The third-order valence-corrected chi connectivity index (χ3v) is 0. The molecule has 0 N–H and O–H groups in total.